The number of benzene rings is 1. The lowest BCUT2D eigenvalue weighted by molar-refractivity contribution is -0.120. The Labute approximate surface area is 148 Å². The number of guanidine groups is 1. The third-order valence-electron chi connectivity index (χ3n) is 3.93. The first kappa shape index (κ1) is 18.6. The maximum Gasteiger partial charge on any atom is 0.239 e. The summed E-state index contributed by atoms with van der Waals surface area (Å²) in [7, 11) is 1.69. The fourth-order valence-electron chi connectivity index (χ4n) is 2.34. The largest absolute Gasteiger partial charge is 0.467 e. The van der Waals surface area contributed by atoms with Crippen molar-refractivity contribution in [3.05, 3.63) is 60.1 Å². The molecule has 134 valence electrons. The van der Waals surface area contributed by atoms with Gasteiger partial charge in [-0.15, -0.1) is 0 Å². The maximum atomic E-state index is 11.9. The van der Waals surface area contributed by atoms with E-state index in [2.05, 4.69) is 46.9 Å². The van der Waals surface area contributed by atoms with Gasteiger partial charge in [-0.2, -0.15) is 0 Å². The Morgan fingerprint density at radius 2 is 1.84 bits per heavy atom. The molecule has 0 radical (unpaired) electrons. The number of furan rings is 1. The number of rotatable bonds is 7. The molecular weight excluding hydrogens is 316 g/mol. The van der Waals surface area contributed by atoms with Crippen molar-refractivity contribution < 1.29 is 9.21 Å². The maximum absolute atomic E-state index is 11.9. The third-order valence-corrected chi connectivity index (χ3v) is 3.93. The Morgan fingerprint density at radius 1 is 1.08 bits per heavy atom. The van der Waals surface area contributed by atoms with E-state index in [0.29, 0.717) is 19.0 Å². The number of nitrogens with zero attached hydrogens (tertiary/aromatic N) is 1. The van der Waals surface area contributed by atoms with Crippen LogP contribution in [-0.4, -0.2) is 32.0 Å². The standard InChI is InChI=1S/C19H26N4O2/c1-19(2,15-8-5-4-6-9-15)14-23-18(20-3)22-13-17(24)21-12-16-10-7-11-25-16/h4-11H,12-14H2,1-3H3,(H,21,24)(H2,20,22,23). The summed E-state index contributed by atoms with van der Waals surface area (Å²) in [5, 5.41) is 9.08. The number of amides is 1. The highest BCUT2D eigenvalue weighted by Crippen LogP contribution is 2.21. The lowest BCUT2D eigenvalue weighted by atomic mass is 9.85. The minimum atomic E-state index is -0.123. The molecule has 0 aliphatic rings. The van der Waals surface area contributed by atoms with E-state index in [1.807, 2.05) is 24.3 Å². The Balaban J connectivity index is 1.75. The Hall–Kier alpha value is -2.76. The molecule has 1 aromatic heterocycles. The summed E-state index contributed by atoms with van der Waals surface area (Å²) in [6.45, 7) is 5.55. The highest BCUT2D eigenvalue weighted by Gasteiger charge is 2.20. The fraction of sp³-hybridized carbons (Fsp3) is 0.368. The zero-order valence-electron chi connectivity index (χ0n) is 15.0. The molecular formula is C19H26N4O2. The van der Waals surface area contributed by atoms with Crippen LogP contribution in [0.4, 0.5) is 0 Å². The van der Waals surface area contributed by atoms with Crippen molar-refractivity contribution in [2.75, 3.05) is 20.1 Å². The predicted octanol–water partition coefficient (Wildman–Crippen LogP) is 2.04. The van der Waals surface area contributed by atoms with Crippen LogP contribution in [0.25, 0.3) is 0 Å². The number of aliphatic imine (C=N–C) groups is 1. The molecule has 3 N–H and O–H groups in total. The number of hydrogen-bond acceptors (Lipinski definition) is 3. The molecule has 0 bridgehead atoms. The van der Waals surface area contributed by atoms with E-state index >= 15 is 0 Å². The van der Waals surface area contributed by atoms with Crippen LogP contribution >= 0.6 is 0 Å². The molecule has 2 rings (SSSR count). The van der Waals surface area contributed by atoms with Crippen LogP contribution in [0.15, 0.2) is 58.1 Å². The summed E-state index contributed by atoms with van der Waals surface area (Å²) in [5.41, 5.74) is 1.19. The van der Waals surface area contributed by atoms with Crippen molar-refractivity contribution in [2.45, 2.75) is 25.8 Å². The molecule has 6 heteroatoms. The first-order valence-electron chi connectivity index (χ1n) is 8.30. The van der Waals surface area contributed by atoms with E-state index in [1.165, 1.54) is 5.56 Å². The molecule has 0 saturated heterocycles. The second-order valence-electron chi connectivity index (χ2n) is 6.39. The summed E-state index contributed by atoms with van der Waals surface area (Å²) in [6.07, 6.45) is 1.58. The molecule has 0 saturated carbocycles. The van der Waals surface area contributed by atoms with Crippen LogP contribution in [0.2, 0.25) is 0 Å². The van der Waals surface area contributed by atoms with Crippen molar-refractivity contribution in [1.82, 2.24) is 16.0 Å². The summed E-state index contributed by atoms with van der Waals surface area (Å²) in [5.74, 6) is 1.19. The number of nitrogens with one attached hydrogen (secondary N) is 3. The molecule has 6 nitrogen and oxygen atoms in total. The molecule has 1 heterocycles. The molecule has 0 spiro atoms. The second-order valence-corrected chi connectivity index (χ2v) is 6.39. The van der Waals surface area contributed by atoms with E-state index in [0.717, 1.165) is 5.76 Å². The van der Waals surface area contributed by atoms with Gasteiger partial charge in [0.25, 0.3) is 0 Å². The molecule has 0 fully saturated rings. The van der Waals surface area contributed by atoms with Gasteiger partial charge in [0.2, 0.25) is 5.91 Å². The minimum absolute atomic E-state index is 0.0551. The van der Waals surface area contributed by atoms with Crippen molar-refractivity contribution in [3.8, 4) is 0 Å². The van der Waals surface area contributed by atoms with Crippen LogP contribution in [-0.2, 0) is 16.8 Å². The van der Waals surface area contributed by atoms with Crippen molar-refractivity contribution in [3.63, 3.8) is 0 Å². The monoisotopic (exact) mass is 342 g/mol. The molecule has 0 aliphatic carbocycles. The van der Waals surface area contributed by atoms with Crippen molar-refractivity contribution in [2.24, 2.45) is 4.99 Å². The van der Waals surface area contributed by atoms with E-state index in [4.69, 9.17) is 4.42 Å². The van der Waals surface area contributed by atoms with Gasteiger partial charge in [-0.3, -0.25) is 9.79 Å². The van der Waals surface area contributed by atoms with Gasteiger partial charge in [-0.1, -0.05) is 44.2 Å². The number of hydrogen-bond donors (Lipinski definition) is 3. The molecule has 1 aromatic carbocycles. The SMILES string of the molecule is CN=C(NCC(=O)NCc1ccco1)NCC(C)(C)c1ccccc1. The quantitative estimate of drug-likeness (QED) is 0.531. The smallest absolute Gasteiger partial charge is 0.239 e. The number of carbonyl (C=O) groups is 1. The third kappa shape index (κ3) is 5.99. The summed E-state index contributed by atoms with van der Waals surface area (Å²) in [4.78, 5) is 16.0. The molecule has 0 atom stereocenters. The van der Waals surface area contributed by atoms with Gasteiger partial charge >= 0.3 is 0 Å². The Morgan fingerprint density at radius 3 is 2.48 bits per heavy atom. The Bertz CT molecular complexity index is 679. The van der Waals surface area contributed by atoms with E-state index in [9.17, 15) is 4.79 Å². The average molecular weight is 342 g/mol. The topological polar surface area (TPSA) is 78.7 Å². The summed E-state index contributed by atoms with van der Waals surface area (Å²) < 4.78 is 5.18. The molecule has 0 aliphatic heterocycles. The first-order valence-corrected chi connectivity index (χ1v) is 8.30. The van der Waals surface area contributed by atoms with Crippen LogP contribution in [0.3, 0.4) is 0 Å². The van der Waals surface area contributed by atoms with Gasteiger partial charge < -0.3 is 20.4 Å². The van der Waals surface area contributed by atoms with Gasteiger partial charge in [-0.25, -0.2) is 0 Å². The molecule has 1 amide bonds. The predicted molar refractivity (Wildman–Crippen MR) is 99.4 cm³/mol. The second kappa shape index (κ2) is 8.92. The van der Waals surface area contributed by atoms with Gasteiger partial charge in [0.1, 0.15) is 5.76 Å². The fourth-order valence-corrected chi connectivity index (χ4v) is 2.34. The average Bonchev–Trinajstić information content (AvgIpc) is 3.14. The van der Waals surface area contributed by atoms with Crippen LogP contribution in [0.1, 0.15) is 25.2 Å². The van der Waals surface area contributed by atoms with E-state index in [-0.39, 0.29) is 17.9 Å². The minimum Gasteiger partial charge on any atom is -0.467 e. The van der Waals surface area contributed by atoms with Crippen LogP contribution in [0, 0.1) is 0 Å². The highest BCUT2D eigenvalue weighted by molar-refractivity contribution is 5.86. The van der Waals surface area contributed by atoms with Gasteiger partial charge in [0.15, 0.2) is 5.96 Å². The van der Waals surface area contributed by atoms with Crippen molar-refractivity contribution in [1.29, 1.82) is 0 Å². The highest BCUT2D eigenvalue weighted by atomic mass is 16.3. The van der Waals surface area contributed by atoms with Crippen molar-refractivity contribution >= 4 is 11.9 Å². The van der Waals surface area contributed by atoms with Crippen LogP contribution < -0.4 is 16.0 Å². The molecule has 2 aromatic rings. The first-order chi connectivity index (χ1) is 12.0. The van der Waals surface area contributed by atoms with Crippen LogP contribution in [0.5, 0.6) is 0 Å². The zero-order chi connectivity index (χ0) is 18.1. The lowest BCUT2D eigenvalue weighted by Crippen LogP contribution is -2.46. The van der Waals surface area contributed by atoms with E-state index in [1.54, 1.807) is 19.4 Å². The van der Waals surface area contributed by atoms with Gasteiger partial charge in [0.05, 0.1) is 19.4 Å². The van der Waals surface area contributed by atoms with Gasteiger partial charge in [-0.05, 0) is 17.7 Å². The number of carbonyl (C=O) groups excluding carboxylic acids is 1. The molecule has 25 heavy (non-hydrogen) atoms. The van der Waals surface area contributed by atoms with Gasteiger partial charge in [0, 0.05) is 19.0 Å². The Kier molecular flexibility index (Phi) is 6.62. The van der Waals surface area contributed by atoms with E-state index < -0.39 is 0 Å². The molecule has 0 unspecified atom stereocenters. The lowest BCUT2D eigenvalue weighted by Gasteiger charge is -2.26. The zero-order valence-corrected chi connectivity index (χ0v) is 15.0. The summed E-state index contributed by atoms with van der Waals surface area (Å²) in [6, 6.07) is 13.9. The summed E-state index contributed by atoms with van der Waals surface area (Å²) >= 11 is 0. The normalized spacial score (nSPS) is 11.9.